The number of benzene rings is 2. The maximum Gasteiger partial charge on any atom is 0.334 e. The minimum atomic E-state index is -1.38. The van der Waals surface area contributed by atoms with Crippen LogP contribution in [0.3, 0.4) is 0 Å². The van der Waals surface area contributed by atoms with Crippen LogP contribution in [-0.4, -0.2) is 29.9 Å². The van der Waals surface area contributed by atoms with Crippen LogP contribution in [0.25, 0.3) is 11.1 Å². The van der Waals surface area contributed by atoms with Crippen LogP contribution in [0.4, 0.5) is 0 Å². The molecule has 0 aromatic heterocycles. The van der Waals surface area contributed by atoms with Gasteiger partial charge in [0, 0.05) is 4.90 Å². The number of carbonyl (C=O) groups excluding carboxylic acids is 2. The number of carbonyl (C=O) groups is 2. The molecule has 0 atom stereocenters. The minimum Gasteiger partial charge on any atom is -0.465 e. The van der Waals surface area contributed by atoms with Gasteiger partial charge in [0.15, 0.2) is 0 Å². The Bertz CT molecular complexity index is 966. The molecular weight excluding hydrogens is 456 g/mol. The summed E-state index contributed by atoms with van der Waals surface area (Å²) >= 11 is 1.30. The summed E-state index contributed by atoms with van der Waals surface area (Å²) in [6, 6.07) is 14.7. The maximum atomic E-state index is 13.3. The quantitative estimate of drug-likeness (QED) is 0.0932. The molecule has 0 saturated heterocycles. The number of thioether (sulfide) groups is 1. The van der Waals surface area contributed by atoms with Gasteiger partial charge >= 0.3 is 11.9 Å². The van der Waals surface area contributed by atoms with Gasteiger partial charge < -0.3 is 9.47 Å². The summed E-state index contributed by atoms with van der Waals surface area (Å²) in [4.78, 5) is 27.5. The predicted octanol–water partition coefficient (Wildman–Crippen LogP) is 7.75. The van der Waals surface area contributed by atoms with E-state index in [2.05, 4.69) is 43.3 Å². The van der Waals surface area contributed by atoms with Gasteiger partial charge in [0.1, 0.15) is 0 Å². The lowest BCUT2D eigenvalue weighted by atomic mass is 9.99. The van der Waals surface area contributed by atoms with Crippen molar-refractivity contribution in [3.8, 4) is 11.1 Å². The summed E-state index contributed by atoms with van der Waals surface area (Å²) in [5.41, 5.74) is 5.03. The highest BCUT2D eigenvalue weighted by molar-refractivity contribution is 8.02. The summed E-state index contributed by atoms with van der Waals surface area (Å²) in [6.45, 7) is 6.25. The van der Waals surface area contributed by atoms with Crippen molar-refractivity contribution in [3.63, 3.8) is 0 Å². The van der Waals surface area contributed by atoms with E-state index in [-0.39, 0.29) is 13.2 Å². The van der Waals surface area contributed by atoms with Crippen molar-refractivity contribution in [2.45, 2.75) is 94.6 Å². The molecule has 0 radical (unpaired) electrons. The molecule has 0 heterocycles. The fourth-order valence-electron chi connectivity index (χ4n) is 4.81. The first-order valence-corrected chi connectivity index (χ1v) is 14.1. The van der Waals surface area contributed by atoms with Gasteiger partial charge in [0.2, 0.25) is 4.75 Å². The SMILES string of the molecule is CCCCCCCCCCC(Sc1ccc2c(c1)Cc1ccccc1-2)(C(=O)OCC)C(=O)OCC. The fourth-order valence-corrected chi connectivity index (χ4v) is 6.08. The Morgan fingerprint density at radius 2 is 1.37 bits per heavy atom. The van der Waals surface area contributed by atoms with Gasteiger partial charge in [-0.05, 0) is 61.1 Å². The Balaban J connectivity index is 1.77. The number of rotatable bonds is 15. The number of fused-ring (bicyclic) bond motifs is 3. The number of unbranched alkanes of at least 4 members (excludes halogenated alkanes) is 7. The lowest BCUT2D eigenvalue weighted by molar-refractivity contribution is -0.159. The van der Waals surface area contributed by atoms with E-state index in [0.29, 0.717) is 6.42 Å². The molecule has 4 nitrogen and oxygen atoms in total. The zero-order valence-electron chi connectivity index (χ0n) is 21.6. The largest absolute Gasteiger partial charge is 0.465 e. The van der Waals surface area contributed by atoms with Crippen LogP contribution in [0.15, 0.2) is 47.4 Å². The molecule has 2 aromatic rings. The van der Waals surface area contributed by atoms with Crippen molar-refractivity contribution in [1.29, 1.82) is 0 Å². The number of hydrogen-bond donors (Lipinski definition) is 0. The van der Waals surface area contributed by atoms with Gasteiger partial charge in [0.25, 0.3) is 0 Å². The van der Waals surface area contributed by atoms with Crippen LogP contribution in [0, 0.1) is 0 Å². The van der Waals surface area contributed by atoms with E-state index in [9.17, 15) is 9.59 Å². The molecule has 0 amide bonds. The molecule has 5 heteroatoms. The Kier molecular flexibility index (Phi) is 10.7. The van der Waals surface area contributed by atoms with Crippen molar-refractivity contribution in [2.24, 2.45) is 0 Å². The summed E-state index contributed by atoms with van der Waals surface area (Å²) in [5, 5.41) is 0. The van der Waals surface area contributed by atoms with E-state index < -0.39 is 16.7 Å². The summed E-state index contributed by atoms with van der Waals surface area (Å²) in [7, 11) is 0. The van der Waals surface area contributed by atoms with Gasteiger partial charge in [-0.15, -0.1) is 0 Å². The van der Waals surface area contributed by atoms with Gasteiger partial charge in [-0.1, -0.05) is 100 Å². The van der Waals surface area contributed by atoms with Crippen molar-refractivity contribution >= 4 is 23.7 Å². The normalized spacial score (nSPS) is 12.2. The first-order chi connectivity index (χ1) is 17.1. The molecule has 0 spiro atoms. The molecular formula is C30H40O4S. The first kappa shape index (κ1) is 27.3. The van der Waals surface area contributed by atoms with Crippen molar-refractivity contribution in [1.82, 2.24) is 0 Å². The van der Waals surface area contributed by atoms with Crippen LogP contribution in [0.5, 0.6) is 0 Å². The Labute approximate surface area is 215 Å². The van der Waals surface area contributed by atoms with Crippen molar-refractivity contribution < 1.29 is 19.1 Å². The third-order valence-electron chi connectivity index (χ3n) is 6.65. The molecule has 0 bridgehead atoms. The van der Waals surface area contributed by atoms with Gasteiger partial charge in [0.05, 0.1) is 13.2 Å². The molecule has 1 aliphatic rings. The molecule has 0 unspecified atom stereocenters. The monoisotopic (exact) mass is 496 g/mol. The van der Waals surface area contributed by atoms with Crippen molar-refractivity contribution in [3.05, 3.63) is 53.6 Å². The van der Waals surface area contributed by atoms with Gasteiger partial charge in [-0.25, -0.2) is 9.59 Å². The van der Waals surface area contributed by atoms with E-state index in [0.717, 1.165) is 30.6 Å². The summed E-state index contributed by atoms with van der Waals surface area (Å²) in [6.07, 6.45) is 10.4. The van der Waals surface area contributed by atoms with Crippen LogP contribution < -0.4 is 0 Å². The molecule has 0 saturated carbocycles. The lowest BCUT2D eigenvalue weighted by Gasteiger charge is -2.29. The Morgan fingerprint density at radius 3 is 2.03 bits per heavy atom. The highest BCUT2D eigenvalue weighted by Gasteiger charge is 2.49. The maximum absolute atomic E-state index is 13.3. The fraction of sp³-hybridized carbons (Fsp3) is 0.533. The second-order valence-electron chi connectivity index (χ2n) is 9.25. The van der Waals surface area contributed by atoms with Crippen LogP contribution in [0.1, 0.15) is 89.7 Å². The second kappa shape index (κ2) is 13.7. The highest BCUT2D eigenvalue weighted by atomic mass is 32.2. The molecule has 0 N–H and O–H groups in total. The third kappa shape index (κ3) is 6.91. The average Bonchev–Trinajstić information content (AvgIpc) is 3.23. The predicted molar refractivity (Wildman–Crippen MR) is 144 cm³/mol. The molecule has 190 valence electrons. The molecule has 35 heavy (non-hydrogen) atoms. The second-order valence-corrected chi connectivity index (χ2v) is 10.6. The molecule has 3 rings (SSSR count). The number of hydrogen-bond acceptors (Lipinski definition) is 5. The summed E-state index contributed by atoms with van der Waals surface area (Å²) in [5.74, 6) is -0.981. The smallest absolute Gasteiger partial charge is 0.334 e. The number of ether oxygens (including phenoxy) is 2. The zero-order valence-corrected chi connectivity index (χ0v) is 22.4. The van der Waals surface area contributed by atoms with Crippen molar-refractivity contribution in [2.75, 3.05) is 13.2 Å². The van der Waals surface area contributed by atoms with Gasteiger partial charge in [-0.2, -0.15) is 0 Å². The lowest BCUT2D eigenvalue weighted by Crippen LogP contribution is -2.46. The molecule has 1 aliphatic carbocycles. The molecule has 0 aliphatic heterocycles. The number of esters is 2. The minimum absolute atomic E-state index is 0.234. The highest BCUT2D eigenvalue weighted by Crippen LogP contribution is 2.43. The van der Waals surface area contributed by atoms with E-state index >= 15 is 0 Å². The van der Waals surface area contributed by atoms with Crippen LogP contribution in [-0.2, 0) is 25.5 Å². The van der Waals surface area contributed by atoms with Crippen LogP contribution in [0.2, 0.25) is 0 Å². The first-order valence-electron chi connectivity index (χ1n) is 13.3. The van der Waals surface area contributed by atoms with E-state index in [4.69, 9.17) is 9.47 Å². The Morgan fingerprint density at radius 1 is 0.771 bits per heavy atom. The average molecular weight is 497 g/mol. The third-order valence-corrected chi connectivity index (χ3v) is 8.03. The zero-order chi connectivity index (χ0) is 25.1. The van der Waals surface area contributed by atoms with E-state index in [1.165, 1.54) is 66.1 Å². The Hall–Kier alpha value is -2.27. The van der Waals surface area contributed by atoms with Gasteiger partial charge in [-0.3, -0.25) is 0 Å². The van der Waals surface area contributed by atoms with Crippen LogP contribution >= 0.6 is 11.8 Å². The van der Waals surface area contributed by atoms with E-state index in [1.807, 2.05) is 6.07 Å². The molecule has 2 aromatic carbocycles. The standard InChI is InChI=1S/C30H40O4S/c1-4-7-8-9-10-11-12-15-20-30(28(31)33-5-2,29(32)34-6-3)35-25-18-19-27-24(22-25)21-23-16-13-14-17-26(23)27/h13-14,16-19,22H,4-12,15,20-21H2,1-3H3. The summed E-state index contributed by atoms with van der Waals surface area (Å²) < 4.78 is 9.52. The topological polar surface area (TPSA) is 52.6 Å². The molecule has 0 fully saturated rings. The van der Waals surface area contributed by atoms with E-state index in [1.54, 1.807) is 13.8 Å².